The van der Waals surface area contributed by atoms with Crippen LogP contribution in [0.15, 0.2) is 59.1 Å². The summed E-state index contributed by atoms with van der Waals surface area (Å²) in [6.07, 6.45) is 0. The molecule has 0 amide bonds. The minimum atomic E-state index is -0.513. The first-order valence-electron chi connectivity index (χ1n) is 9.06. The molecule has 2 aromatic carbocycles. The molecule has 0 spiro atoms. The highest BCUT2D eigenvalue weighted by atomic mass is 79.9. The third-order valence-electron chi connectivity index (χ3n) is 4.47. The van der Waals surface area contributed by atoms with Crippen LogP contribution in [-0.2, 0) is 4.74 Å². The van der Waals surface area contributed by atoms with Crippen molar-refractivity contribution in [2.45, 2.75) is 13.8 Å². The quantitative estimate of drug-likeness (QED) is 0.385. The van der Waals surface area contributed by atoms with Crippen molar-refractivity contribution >= 4 is 27.5 Å². The van der Waals surface area contributed by atoms with E-state index in [9.17, 15) is 9.18 Å². The van der Waals surface area contributed by atoms with Crippen LogP contribution in [0.3, 0.4) is 0 Å². The van der Waals surface area contributed by atoms with Gasteiger partial charge < -0.3 is 4.74 Å². The number of nitrogens with zero attached hydrogens (tertiary/aromatic N) is 3. The maximum absolute atomic E-state index is 14.5. The average molecular weight is 454 g/mol. The lowest BCUT2D eigenvalue weighted by Crippen LogP contribution is -2.09. The fourth-order valence-electron chi connectivity index (χ4n) is 3.04. The van der Waals surface area contributed by atoms with Gasteiger partial charge in [0.25, 0.3) is 0 Å². The van der Waals surface area contributed by atoms with E-state index in [1.54, 1.807) is 35.7 Å². The van der Waals surface area contributed by atoms with Crippen LogP contribution in [0, 0.1) is 12.7 Å². The molecule has 4 aromatic rings. The first-order chi connectivity index (χ1) is 14.0. The number of rotatable bonds is 4. The maximum Gasteiger partial charge on any atom is 0.357 e. The molecule has 0 bridgehead atoms. The van der Waals surface area contributed by atoms with Crippen LogP contribution < -0.4 is 0 Å². The molecule has 146 valence electrons. The fraction of sp³-hybridized carbons (Fsp3) is 0.136. The van der Waals surface area contributed by atoms with E-state index < -0.39 is 11.8 Å². The van der Waals surface area contributed by atoms with E-state index in [4.69, 9.17) is 4.74 Å². The molecule has 0 N–H and O–H groups in total. The molecule has 4 rings (SSSR count). The molecule has 7 heteroatoms. The second-order valence-corrected chi connectivity index (χ2v) is 7.45. The fourth-order valence-corrected chi connectivity index (χ4v) is 3.38. The third-order valence-corrected chi connectivity index (χ3v) is 4.96. The summed E-state index contributed by atoms with van der Waals surface area (Å²) in [6, 6.07) is 15.9. The Labute approximate surface area is 175 Å². The van der Waals surface area contributed by atoms with Gasteiger partial charge >= 0.3 is 5.97 Å². The molecule has 0 radical (unpaired) electrons. The average Bonchev–Trinajstić information content (AvgIpc) is 3.12. The zero-order valence-corrected chi connectivity index (χ0v) is 17.4. The summed E-state index contributed by atoms with van der Waals surface area (Å²) in [4.78, 5) is 16.7. The molecule has 2 heterocycles. The lowest BCUT2D eigenvalue weighted by atomic mass is 10.1. The van der Waals surface area contributed by atoms with Crippen molar-refractivity contribution in [3.8, 4) is 22.5 Å². The number of carbonyl (C=O) groups excluding carboxylic acids is 1. The van der Waals surface area contributed by atoms with Crippen LogP contribution >= 0.6 is 15.9 Å². The predicted molar refractivity (Wildman–Crippen MR) is 112 cm³/mol. The maximum atomic E-state index is 14.5. The van der Waals surface area contributed by atoms with Gasteiger partial charge in [0, 0.05) is 21.7 Å². The van der Waals surface area contributed by atoms with Gasteiger partial charge in [0.1, 0.15) is 5.82 Å². The van der Waals surface area contributed by atoms with Crippen molar-refractivity contribution < 1.29 is 13.9 Å². The largest absolute Gasteiger partial charge is 0.461 e. The molecule has 0 atom stereocenters. The van der Waals surface area contributed by atoms with Crippen LogP contribution in [0.25, 0.3) is 28.2 Å². The number of hydrogen-bond acceptors (Lipinski definition) is 4. The van der Waals surface area contributed by atoms with Gasteiger partial charge in [-0.05, 0) is 38.1 Å². The molecule has 0 saturated carbocycles. The molecular weight excluding hydrogens is 437 g/mol. The van der Waals surface area contributed by atoms with Crippen LogP contribution in [0.4, 0.5) is 4.39 Å². The summed E-state index contributed by atoms with van der Waals surface area (Å²) in [7, 11) is 0. The zero-order chi connectivity index (χ0) is 20.5. The molecule has 5 nitrogen and oxygen atoms in total. The molecule has 0 aliphatic carbocycles. The van der Waals surface area contributed by atoms with Crippen LogP contribution in [0.5, 0.6) is 0 Å². The summed E-state index contributed by atoms with van der Waals surface area (Å²) >= 11 is 3.26. The standard InChI is InChI=1S/C22H17BrFN3O2/c1-3-29-22(28)19-11-20(14-6-4-13(2)5-7-14)27-21(25-19)12-18(26-27)16-9-8-15(23)10-17(16)24/h4-12H,3H2,1-2H3. The van der Waals surface area contributed by atoms with E-state index in [1.807, 2.05) is 31.2 Å². The van der Waals surface area contributed by atoms with Crippen LogP contribution in [0.2, 0.25) is 0 Å². The van der Waals surface area contributed by atoms with Gasteiger partial charge in [-0.1, -0.05) is 45.8 Å². The lowest BCUT2D eigenvalue weighted by Gasteiger charge is -2.08. The number of hydrogen-bond donors (Lipinski definition) is 0. The highest BCUT2D eigenvalue weighted by Crippen LogP contribution is 2.28. The Morgan fingerprint density at radius 1 is 1.14 bits per heavy atom. The van der Waals surface area contributed by atoms with Crippen molar-refractivity contribution in [2.24, 2.45) is 0 Å². The number of fused-ring (bicyclic) bond motifs is 1. The van der Waals surface area contributed by atoms with Crippen LogP contribution in [0.1, 0.15) is 23.0 Å². The number of aromatic nitrogens is 3. The molecule has 0 fully saturated rings. The van der Waals surface area contributed by atoms with Gasteiger partial charge in [-0.15, -0.1) is 0 Å². The SMILES string of the molecule is CCOC(=O)c1cc(-c2ccc(C)cc2)n2nc(-c3ccc(Br)cc3F)cc2n1. The van der Waals surface area contributed by atoms with Crippen molar-refractivity contribution in [2.75, 3.05) is 6.61 Å². The lowest BCUT2D eigenvalue weighted by molar-refractivity contribution is 0.0519. The van der Waals surface area contributed by atoms with E-state index in [0.717, 1.165) is 11.1 Å². The topological polar surface area (TPSA) is 56.5 Å². The van der Waals surface area contributed by atoms with Crippen LogP contribution in [-0.4, -0.2) is 27.2 Å². The van der Waals surface area contributed by atoms with Crippen molar-refractivity contribution in [1.82, 2.24) is 14.6 Å². The number of ether oxygens (including phenoxy) is 1. The van der Waals surface area contributed by atoms with Gasteiger partial charge in [-0.3, -0.25) is 0 Å². The summed E-state index contributed by atoms with van der Waals surface area (Å²) in [5.74, 6) is -0.911. The van der Waals surface area contributed by atoms with Crippen molar-refractivity contribution in [1.29, 1.82) is 0 Å². The van der Waals surface area contributed by atoms with Gasteiger partial charge in [0.15, 0.2) is 11.3 Å². The first kappa shape index (κ1) is 19.3. The smallest absolute Gasteiger partial charge is 0.357 e. The summed E-state index contributed by atoms with van der Waals surface area (Å²) < 4.78 is 21.8. The molecular formula is C22H17BrFN3O2. The molecule has 0 saturated heterocycles. The molecule has 0 unspecified atom stereocenters. The predicted octanol–water partition coefficient (Wildman–Crippen LogP) is 5.45. The zero-order valence-electron chi connectivity index (χ0n) is 15.8. The normalized spacial score (nSPS) is 11.0. The van der Waals surface area contributed by atoms with E-state index in [0.29, 0.717) is 27.1 Å². The third kappa shape index (κ3) is 3.78. The van der Waals surface area contributed by atoms with E-state index in [2.05, 4.69) is 26.0 Å². The van der Waals surface area contributed by atoms with Crippen molar-refractivity contribution in [3.05, 3.63) is 76.1 Å². The summed E-state index contributed by atoms with van der Waals surface area (Å²) in [6.45, 7) is 3.99. The van der Waals surface area contributed by atoms with Gasteiger partial charge in [0.2, 0.25) is 0 Å². The Balaban J connectivity index is 1.94. The Bertz CT molecular complexity index is 1220. The van der Waals surface area contributed by atoms with E-state index >= 15 is 0 Å². The number of benzene rings is 2. The molecule has 2 aromatic heterocycles. The number of aryl methyl sites for hydroxylation is 1. The van der Waals surface area contributed by atoms with Gasteiger partial charge in [0.05, 0.1) is 18.0 Å². The Kier molecular flexibility index (Phi) is 5.15. The second kappa shape index (κ2) is 7.75. The molecule has 0 aliphatic heterocycles. The minimum Gasteiger partial charge on any atom is -0.461 e. The highest BCUT2D eigenvalue weighted by Gasteiger charge is 2.18. The summed E-state index contributed by atoms with van der Waals surface area (Å²) in [5.41, 5.74) is 4.04. The number of carbonyl (C=O) groups is 1. The van der Waals surface area contributed by atoms with Gasteiger partial charge in [-0.25, -0.2) is 18.7 Å². The summed E-state index contributed by atoms with van der Waals surface area (Å²) in [5, 5.41) is 4.57. The Hall–Kier alpha value is -3.06. The highest BCUT2D eigenvalue weighted by molar-refractivity contribution is 9.10. The molecule has 0 aliphatic rings. The second-order valence-electron chi connectivity index (χ2n) is 6.54. The van der Waals surface area contributed by atoms with Crippen molar-refractivity contribution in [3.63, 3.8) is 0 Å². The monoisotopic (exact) mass is 453 g/mol. The minimum absolute atomic E-state index is 0.178. The Morgan fingerprint density at radius 2 is 1.90 bits per heavy atom. The number of esters is 1. The van der Waals surface area contributed by atoms with E-state index in [1.165, 1.54) is 6.07 Å². The molecule has 29 heavy (non-hydrogen) atoms. The Morgan fingerprint density at radius 3 is 2.59 bits per heavy atom. The first-order valence-corrected chi connectivity index (χ1v) is 9.86. The number of halogens is 2. The van der Waals surface area contributed by atoms with E-state index in [-0.39, 0.29) is 12.3 Å². The van der Waals surface area contributed by atoms with Gasteiger partial charge in [-0.2, -0.15) is 5.10 Å².